The number of hydrogen-bond donors (Lipinski definition) is 2. The molecule has 2 rings (SSSR count). The minimum absolute atomic E-state index is 0.109. The summed E-state index contributed by atoms with van der Waals surface area (Å²) in [5, 5.41) is 21.0. The van der Waals surface area contributed by atoms with E-state index in [4.69, 9.17) is 4.74 Å². The first-order chi connectivity index (χ1) is 14.8. The summed E-state index contributed by atoms with van der Waals surface area (Å²) < 4.78 is 4.98. The summed E-state index contributed by atoms with van der Waals surface area (Å²) in [5.74, 6) is 1.53. The summed E-state index contributed by atoms with van der Waals surface area (Å²) in [5.41, 5.74) is 2.82. The van der Waals surface area contributed by atoms with Crippen LogP contribution in [0.4, 0.5) is 0 Å². The second-order valence-electron chi connectivity index (χ2n) is 9.92. The molecule has 0 unspecified atom stereocenters. The predicted octanol–water partition coefficient (Wildman–Crippen LogP) is 5.74. The molecule has 0 heterocycles. The molecular weight excluding hydrogens is 388 g/mol. The summed E-state index contributed by atoms with van der Waals surface area (Å²) in [6.07, 6.45) is 16.0. The molecule has 2 fully saturated rings. The van der Waals surface area contributed by atoms with E-state index in [9.17, 15) is 15.0 Å². The van der Waals surface area contributed by atoms with Gasteiger partial charge in [0.1, 0.15) is 0 Å². The average molecular weight is 433 g/mol. The monoisotopic (exact) mass is 432 g/mol. The number of ether oxygens (including phenoxy) is 1. The standard InChI is InChI=1S/C27H44O4/c1-5-31-27(30)12-7-6-11-21-16-22-18-26(29)24(25(22)17-21)14-13-23(28)15-20(4)10-8-9-19(2)3/h9,11,13-14,20,22-26,28-29H,5-8,10,12,15-18H2,1-4H3/t20-,22+,23-,24+,25+,26-/m1/s1. The molecular formula is C27H44O4. The fraction of sp³-hybridized carbons (Fsp3) is 0.741. The first-order valence-electron chi connectivity index (χ1n) is 12.3. The highest BCUT2D eigenvalue weighted by Crippen LogP contribution is 2.50. The van der Waals surface area contributed by atoms with Gasteiger partial charge in [0.15, 0.2) is 0 Å². The zero-order valence-electron chi connectivity index (χ0n) is 20.1. The average Bonchev–Trinajstić information content (AvgIpc) is 3.20. The van der Waals surface area contributed by atoms with Crippen molar-refractivity contribution in [2.24, 2.45) is 23.7 Å². The number of rotatable bonds is 12. The van der Waals surface area contributed by atoms with Crippen molar-refractivity contribution in [2.75, 3.05) is 6.61 Å². The van der Waals surface area contributed by atoms with E-state index in [1.54, 1.807) is 0 Å². The summed E-state index contributed by atoms with van der Waals surface area (Å²) in [7, 11) is 0. The van der Waals surface area contributed by atoms with Crippen LogP contribution < -0.4 is 0 Å². The quantitative estimate of drug-likeness (QED) is 0.234. The van der Waals surface area contributed by atoms with Gasteiger partial charge in [-0.2, -0.15) is 0 Å². The molecule has 0 bridgehead atoms. The fourth-order valence-corrected chi connectivity index (χ4v) is 5.25. The van der Waals surface area contributed by atoms with E-state index in [0.717, 1.165) is 51.4 Å². The van der Waals surface area contributed by atoms with Crippen molar-refractivity contribution in [2.45, 2.75) is 97.7 Å². The Bertz CT molecular complexity index is 644. The van der Waals surface area contributed by atoms with E-state index in [0.29, 0.717) is 30.8 Å². The van der Waals surface area contributed by atoms with Gasteiger partial charge in [0.25, 0.3) is 0 Å². The molecule has 6 atom stereocenters. The van der Waals surface area contributed by atoms with E-state index in [1.807, 2.05) is 13.0 Å². The SMILES string of the molecule is CCOC(=O)CCCC=C1C[C@H]2C[C@@H](O)[C@@H](C=C[C@@H](O)C[C@H](C)CCC=C(C)C)[C@H]2C1. The number of fused-ring (bicyclic) bond motifs is 1. The highest BCUT2D eigenvalue weighted by atomic mass is 16.5. The van der Waals surface area contributed by atoms with Crippen LogP contribution in [0.25, 0.3) is 0 Å². The van der Waals surface area contributed by atoms with Gasteiger partial charge < -0.3 is 14.9 Å². The van der Waals surface area contributed by atoms with Gasteiger partial charge in [-0.25, -0.2) is 0 Å². The molecule has 0 radical (unpaired) electrons. The normalized spacial score (nSPS) is 28.6. The maximum atomic E-state index is 11.4. The molecule has 0 aromatic carbocycles. The summed E-state index contributed by atoms with van der Waals surface area (Å²) in [6, 6.07) is 0. The molecule has 0 spiro atoms. The second kappa shape index (κ2) is 13.2. The molecule has 0 aliphatic heterocycles. The predicted molar refractivity (Wildman–Crippen MR) is 126 cm³/mol. The molecule has 4 heteroatoms. The zero-order chi connectivity index (χ0) is 22.8. The van der Waals surface area contributed by atoms with E-state index < -0.39 is 6.10 Å². The Morgan fingerprint density at radius 2 is 2.03 bits per heavy atom. The fourth-order valence-electron chi connectivity index (χ4n) is 5.25. The van der Waals surface area contributed by atoms with Gasteiger partial charge in [-0.05, 0) is 89.9 Å². The molecule has 4 nitrogen and oxygen atoms in total. The molecule has 0 saturated heterocycles. The maximum Gasteiger partial charge on any atom is 0.305 e. The third kappa shape index (κ3) is 8.94. The summed E-state index contributed by atoms with van der Waals surface area (Å²) in [4.78, 5) is 11.4. The van der Waals surface area contributed by atoms with Crippen LogP contribution in [0.15, 0.2) is 35.5 Å². The van der Waals surface area contributed by atoms with Crippen LogP contribution in [-0.4, -0.2) is 35.0 Å². The van der Waals surface area contributed by atoms with Crippen molar-refractivity contribution in [3.63, 3.8) is 0 Å². The second-order valence-corrected chi connectivity index (χ2v) is 9.92. The number of carbonyl (C=O) groups excluding carboxylic acids is 1. The molecule has 2 aliphatic carbocycles. The van der Waals surface area contributed by atoms with Gasteiger partial charge in [-0.3, -0.25) is 4.79 Å². The van der Waals surface area contributed by atoms with Crippen molar-refractivity contribution >= 4 is 5.97 Å². The molecule has 2 aliphatic rings. The molecule has 176 valence electrons. The Morgan fingerprint density at radius 3 is 2.74 bits per heavy atom. The number of aliphatic hydroxyl groups excluding tert-OH is 2. The van der Waals surface area contributed by atoms with Crippen molar-refractivity contribution in [1.82, 2.24) is 0 Å². The van der Waals surface area contributed by atoms with E-state index in [1.165, 1.54) is 11.1 Å². The zero-order valence-corrected chi connectivity index (χ0v) is 20.1. The Balaban J connectivity index is 1.78. The maximum absolute atomic E-state index is 11.4. The molecule has 0 aromatic heterocycles. The van der Waals surface area contributed by atoms with Crippen LogP contribution in [0.5, 0.6) is 0 Å². The Kier molecular flexibility index (Phi) is 11.0. The minimum Gasteiger partial charge on any atom is -0.466 e. The lowest BCUT2D eigenvalue weighted by atomic mass is 9.89. The van der Waals surface area contributed by atoms with Gasteiger partial charge in [0.2, 0.25) is 0 Å². The third-order valence-corrected chi connectivity index (χ3v) is 6.85. The smallest absolute Gasteiger partial charge is 0.305 e. The largest absolute Gasteiger partial charge is 0.466 e. The van der Waals surface area contributed by atoms with E-state index in [2.05, 4.69) is 39.0 Å². The third-order valence-electron chi connectivity index (χ3n) is 6.85. The van der Waals surface area contributed by atoms with Crippen LogP contribution in [0, 0.1) is 23.7 Å². The van der Waals surface area contributed by atoms with Crippen LogP contribution in [-0.2, 0) is 9.53 Å². The van der Waals surface area contributed by atoms with Crippen LogP contribution in [0.3, 0.4) is 0 Å². The number of aliphatic hydroxyl groups is 2. The van der Waals surface area contributed by atoms with Gasteiger partial charge in [-0.1, -0.05) is 42.4 Å². The topological polar surface area (TPSA) is 66.8 Å². The van der Waals surface area contributed by atoms with Crippen LogP contribution in [0.1, 0.15) is 85.5 Å². The van der Waals surface area contributed by atoms with Crippen LogP contribution >= 0.6 is 0 Å². The lowest BCUT2D eigenvalue weighted by molar-refractivity contribution is -0.143. The molecule has 0 aromatic rings. The first-order valence-corrected chi connectivity index (χ1v) is 12.3. The van der Waals surface area contributed by atoms with Crippen molar-refractivity contribution < 1.29 is 19.7 Å². The minimum atomic E-state index is -0.438. The number of allylic oxidation sites excluding steroid dienone is 4. The van der Waals surface area contributed by atoms with E-state index >= 15 is 0 Å². The van der Waals surface area contributed by atoms with E-state index in [-0.39, 0.29) is 18.0 Å². The van der Waals surface area contributed by atoms with Crippen molar-refractivity contribution in [3.05, 3.63) is 35.5 Å². The molecule has 2 saturated carbocycles. The Morgan fingerprint density at radius 1 is 1.26 bits per heavy atom. The van der Waals surface area contributed by atoms with Gasteiger partial charge in [0, 0.05) is 12.3 Å². The van der Waals surface area contributed by atoms with Crippen molar-refractivity contribution in [1.29, 1.82) is 0 Å². The Labute approximate surface area is 189 Å². The summed E-state index contributed by atoms with van der Waals surface area (Å²) in [6.45, 7) is 8.73. The number of unbranched alkanes of at least 4 members (excludes halogenated alkanes) is 1. The molecule has 2 N–H and O–H groups in total. The number of carbonyl (C=O) groups is 1. The molecule has 31 heavy (non-hydrogen) atoms. The van der Waals surface area contributed by atoms with Gasteiger partial charge in [0.05, 0.1) is 18.8 Å². The van der Waals surface area contributed by atoms with Gasteiger partial charge >= 0.3 is 5.97 Å². The summed E-state index contributed by atoms with van der Waals surface area (Å²) >= 11 is 0. The van der Waals surface area contributed by atoms with Crippen LogP contribution in [0.2, 0.25) is 0 Å². The van der Waals surface area contributed by atoms with Crippen molar-refractivity contribution in [3.8, 4) is 0 Å². The highest BCUT2D eigenvalue weighted by Gasteiger charge is 2.44. The Hall–Kier alpha value is -1.39. The lowest BCUT2D eigenvalue weighted by Crippen LogP contribution is -2.18. The van der Waals surface area contributed by atoms with Gasteiger partial charge in [-0.15, -0.1) is 0 Å². The number of esters is 1. The molecule has 0 amide bonds. The highest BCUT2D eigenvalue weighted by molar-refractivity contribution is 5.69. The number of hydrogen-bond acceptors (Lipinski definition) is 4. The first kappa shape index (κ1) is 25.9. The lowest BCUT2D eigenvalue weighted by Gasteiger charge is -2.18.